The predicted octanol–water partition coefficient (Wildman–Crippen LogP) is 3.43. The number of hydrogen-bond donors (Lipinski definition) is 0. The molecular weight excluding hydrogens is 249 g/mol. The zero-order valence-corrected chi connectivity index (χ0v) is 9.92. The Morgan fingerprint density at radius 3 is 2.44 bits per heavy atom. The van der Waals surface area contributed by atoms with E-state index in [1.54, 1.807) is 24.3 Å². The molecule has 1 aromatic heterocycles. The third kappa shape index (κ3) is 1.57. The van der Waals surface area contributed by atoms with Crippen molar-refractivity contribution in [2.45, 2.75) is 0 Å². The summed E-state index contributed by atoms with van der Waals surface area (Å²) in [4.78, 5) is 12.2. The Balaban J connectivity index is 2.54. The zero-order valence-electron chi connectivity index (χ0n) is 9.11. The molecule has 0 unspecified atom stereocenters. The molecule has 2 aromatic carbocycles. The lowest BCUT2D eigenvalue weighted by atomic mass is 10.1. The van der Waals surface area contributed by atoms with E-state index in [-0.39, 0.29) is 5.43 Å². The molecule has 0 amide bonds. The lowest BCUT2D eigenvalue weighted by Crippen LogP contribution is -2.01. The molecule has 0 saturated heterocycles. The summed E-state index contributed by atoms with van der Waals surface area (Å²) in [6.07, 6.45) is 0. The highest BCUT2D eigenvalue weighted by molar-refractivity contribution is 7.24. The highest BCUT2D eigenvalue weighted by Gasteiger charge is 2.07. The van der Waals surface area contributed by atoms with Crippen LogP contribution in [-0.2, 0) is 0 Å². The molecule has 4 heteroatoms. The number of rotatable bonds is 0. The average Bonchev–Trinajstić information content (AvgIpc) is 2.40. The summed E-state index contributed by atoms with van der Waals surface area (Å²) in [5.74, 6) is -0.428. The van der Waals surface area contributed by atoms with Gasteiger partial charge in [0.25, 0.3) is 0 Å². The minimum Gasteiger partial charge on any atom is -0.289 e. The summed E-state index contributed by atoms with van der Waals surface area (Å²) in [7, 11) is 0. The topological polar surface area (TPSA) is 40.9 Å². The normalized spacial score (nSPS) is 10.7. The van der Waals surface area contributed by atoms with Crippen LogP contribution < -0.4 is 5.43 Å². The highest BCUT2D eigenvalue weighted by atomic mass is 32.1. The number of benzene rings is 2. The summed E-state index contributed by atoms with van der Waals surface area (Å²) in [6.45, 7) is 0. The molecule has 0 saturated carbocycles. The SMILES string of the molecule is N#Cc1ccc2sc3ccc(F)cc3c(=O)c2c1. The predicted molar refractivity (Wildman–Crippen MR) is 70.3 cm³/mol. The van der Waals surface area contributed by atoms with Gasteiger partial charge < -0.3 is 0 Å². The van der Waals surface area contributed by atoms with Crippen LogP contribution in [0.15, 0.2) is 41.2 Å². The van der Waals surface area contributed by atoms with Gasteiger partial charge in [0.05, 0.1) is 11.6 Å². The van der Waals surface area contributed by atoms with Gasteiger partial charge in [-0.05, 0) is 36.4 Å². The minimum absolute atomic E-state index is 0.227. The maximum atomic E-state index is 13.2. The van der Waals surface area contributed by atoms with Crippen molar-refractivity contribution < 1.29 is 4.39 Å². The van der Waals surface area contributed by atoms with Crippen molar-refractivity contribution in [3.05, 3.63) is 58.0 Å². The molecule has 0 aliphatic carbocycles. The Morgan fingerprint density at radius 2 is 1.72 bits per heavy atom. The van der Waals surface area contributed by atoms with E-state index in [2.05, 4.69) is 0 Å². The van der Waals surface area contributed by atoms with Crippen LogP contribution in [0.25, 0.3) is 20.2 Å². The van der Waals surface area contributed by atoms with Crippen LogP contribution in [-0.4, -0.2) is 0 Å². The number of fused-ring (bicyclic) bond motifs is 2. The van der Waals surface area contributed by atoms with E-state index in [1.165, 1.54) is 23.5 Å². The van der Waals surface area contributed by atoms with Gasteiger partial charge >= 0.3 is 0 Å². The van der Waals surface area contributed by atoms with Gasteiger partial charge in [-0.1, -0.05) is 0 Å². The molecule has 0 N–H and O–H groups in total. The van der Waals surface area contributed by atoms with Crippen molar-refractivity contribution in [2.75, 3.05) is 0 Å². The molecule has 0 aliphatic heterocycles. The van der Waals surface area contributed by atoms with E-state index in [4.69, 9.17) is 5.26 Å². The quantitative estimate of drug-likeness (QED) is 0.577. The molecule has 86 valence electrons. The maximum absolute atomic E-state index is 13.2. The minimum atomic E-state index is -0.428. The first kappa shape index (κ1) is 10.9. The van der Waals surface area contributed by atoms with Crippen molar-refractivity contribution in [3.8, 4) is 6.07 Å². The van der Waals surface area contributed by atoms with Crippen molar-refractivity contribution in [3.63, 3.8) is 0 Å². The van der Waals surface area contributed by atoms with Gasteiger partial charge in [0.2, 0.25) is 0 Å². The number of nitrogens with zero attached hydrogens (tertiary/aromatic N) is 1. The number of hydrogen-bond acceptors (Lipinski definition) is 3. The average molecular weight is 255 g/mol. The smallest absolute Gasteiger partial charge is 0.196 e. The van der Waals surface area contributed by atoms with E-state index in [0.717, 1.165) is 9.40 Å². The summed E-state index contributed by atoms with van der Waals surface area (Å²) in [6, 6.07) is 11.2. The van der Waals surface area contributed by atoms with Crippen LogP contribution in [0.5, 0.6) is 0 Å². The van der Waals surface area contributed by atoms with Gasteiger partial charge in [0, 0.05) is 20.2 Å². The van der Waals surface area contributed by atoms with Crippen LogP contribution in [0.1, 0.15) is 5.56 Å². The summed E-state index contributed by atoms with van der Waals surface area (Å²) in [5.41, 5.74) is 0.206. The van der Waals surface area contributed by atoms with Gasteiger partial charge in [0.1, 0.15) is 5.82 Å². The molecule has 0 atom stereocenters. The summed E-state index contributed by atoms with van der Waals surface area (Å²) < 4.78 is 14.7. The van der Waals surface area contributed by atoms with Crippen molar-refractivity contribution in [1.29, 1.82) is 5.26 Å². The lowest BCUT2D eigenvalue weighted by molar-refractivity contribution is 0.630. The Hall–Kier alpha value is -2.25. The van der Waals surface area contributed by atoms with Crippen LogP contribution in [0.2, 0.25) is 0 Å². The first-order chi connectivity index (χ1) is 8.69. The Bertz CT molecular complexity index is 876. The van der Waals surface area contributed by atoms with E-state index in [0.29, 0.717) is 16.3 Å². The molecule has 1 heterocycles. The molecule has 0 radical (unpaired) electrons. The third-order valence-corrected chi connectivity index (χ3v) is 3.91. The second-order valence-electron chi connectivity index (χ2n) is 3.89. The van der Waals surface area contributed by atoms with Gasteiger partial charge in [-0.15, -0.1) is 11.3 Å². The van der Waals surface area contributed by atoms with Gasteiger partial charge in [-0.2, -0.15) is 5.26 Å². The molecule has 3 aromatic rings. The van der Waals surface area contributed by atoms with Gasteiger partial charge in [0.15, 0.2) is 5.43 Å². The first-order valence-electron chi connectivity index (χ1n) is 5.25. The van der Waals surface area contributed by atoms with E-state index in [1.807, 2.05) is 6.07 Å². The first-order valence-corrected chi connectivity index (χ1v) is 6.07. The monoisotopic (exact) mass is 255 g/mol. The van der Waals surface area contributed by atoms with Crippen molar-refractivity contribution in [2.24, 2.45) is 0 Å². The van der Waals surface area contributed by atoms with E-state index >= 15 is 0 Å². The second kappa shape index (κ2) is 3.90. The summed E-state index contributed by atoms with van der Waals surface area (Å²) >= 11 is 1.42. The number of nitriles is 1. The van der Waals surface area contributed by atoms with E-state index in [9.17, 15) is 9.18 Å². The van der Waals surface area contributed by atoms with Gasteiger partial charge in [-0.3, -0.25) is 4.79 Å². The fourth-order valence-electron chi connectivity index (χ4n) is 1.90. The standard InChI is InChI=1S/C14H6FNOS/c15-9-2-4-13-11(6-9)14(17)10-5-8(7-16)1-3-12(10)18-13/h1-6H. The van der Waals surface area contributed by atoms with Crippen molar-refractivity contribution >= 4 is 31.5 Å². The molecule has 0 spiro atoms. The third-order valence-electron chi connectivity index (χ3n) is 2.76. The highest BCUT2D eigenvalue weighted by Crippen LogP contribution is 2.25. The van der Waals surface area contributed by atoms with Crippen LogP contribution >= 0.6 is 11.3 Å². The maximum Gasteiger partial charge on any atom is 0.196 e. The molecule has 0 fully saturated rings. The molecule has 18 heavy (non-hydrogen) atoms. The Kier molecular flexibility index (Phi) is 2.35. The number of halogens is 1. The lowest BCUT2D eigenvalue weighted by Gasteiger charge is -2.01. The van der Waals surface area contributed by atoms with Gasteiger partial charge in [-0.25, -0.2) is 4.39 Å². The van der Waals surface area contributed by atoms with Crippen molar-refractivity contribution in [1.82, 2.24) is 0 Å². The fraction of sp³-hybridized carbons (Fsp3) is 0. The zero-order chi connectivity index (χ0) is 12.7. The molecular formula is C14H6FNOS. The van der Waals surface area contributed by atoms with Crippen LogP contribution in [0.4, 0.5) is 4.39 Å². The largest absolute Gasteiger partial charge is 0.289 e. The molecule has 2 nitrogen and oxygen atoms in total. The second-order valence-corrected chi connectivity index (χ2v) is 4.98. The van der Waals surface area contributed by atoms with Crippen LogP contribution in [0.3, 0.4) is 0 Å². The fourth-order valence-corrected chi connectivity index (χ4v) is 2.93. The Morgan fingerprint density at radius 1 is 1.06 bits per heavy atom. The summed E-state index contributed by atoms with van der Waals surface area (Å²) in [5, 5.41) is 9.67. The van der Waals surface area contributed by atoms with Crippen LogP contribution in [0, 0.1) is 17.1 Å². The Labute approximate surface area is 106 Å². The van der Waals surface area contributed by atoms with E-state index < -0.39 is 5.82 Å². The molecule has 0 bridgehead atoms. The molecule has 3 rings (SSSR count). The molecule has 0 aliphatic rings.